The maximum absolute atomic E-state index is 12.2. The van der Waals surface area contributed by atoms with Crippen molar-refractivity contribution in [3.05, 3.63) is 17.7 Å². The van der Waals surface area contributed by atoms with Crippen molar-refractivity contribution in [2.75, 3.05) is 18.2 Å². The molecule has 1 saturated heterocycles. The van der Waals surface area contributed by atoms with E-state index in [1.165, 1.54) is 0 Å². The average molecular weight is 336 g/mol. The van der Waals surface area contributed by atoms with Gasteiger partial charge in [0.2, 0.25) is 11.8 Å². The first kappa shape index (κ1) is 16.4. The monoisotopic (exact) mass is 336 g/mol. The molecule has 0 bridgehead atoms. The van der Waals surface area contributed by atoms with Gasteiger partial charge in [-0.05, 0) is 6.42 Å². The second kappa shape index (κ2) is 6.19. The zero-order valence-electron chi connectivity index (χ0n) is 14.0. The number of hydrogen-bond acceptors (Lipinski definition) is 4. The molecule has 3 heterocycles. The van der Waals surface area contributed by atoms with E-state index < -0.39 is 0 Å². The number of aryl methyl sites for hydroxylation is 1. The summed E-state index contributed by atoms with van der Waals surface area (Å²) in [5.74, 6) is 2.21. The van der Waals surface area contributed by atoms with Gasteiger partial charge in [-0.25, -0.2) is 4.98 Å². The molecule has 0 aliphatic carbocycles. The maximum atomic E-state index is 12.2. The molecule has 0 saturated carbocycles. The first-order valence-electron chi connectivity index (χ1n) is 8.04. The smallest absolute Gasteiger partial charge is 0.239 e. The molecule has 2 aliphatic rings. The first-order chi connectivity index (χ1) is 10.8. The van der Waals surface area contributed by atoms with Gasteiger partial charge in [0.25, 0.3) is 0 Å². The minimum atomic E-state index is -0.0644. The zero-order chi connectivity index (χ0) is 16.6. The SMILES string of the molecule is CC(C)(C)c1cn2c(n1)CC[C@@H](NC(=O)CN1CSCC1=O)C2. The molecule has 1 atom stereocenters. The molecule has 3 rings (SSSR count). The molecule has 0 aromatic carbocycles. The molecule has 6 nitrogen and oxygen atoms in total. The molecule has 2 aliphatic heterocycles. The summed E-state index contributed by atoms with van der Waals surface area (Å²) in [4.78, 5) is 30.1. The Labute approximate surface area is 141 Å². The third-order valence-corrected chi connectivity index (χ3v) is 5.23. The van der Waals surface area contributed by atoms with Crippen LogP contribution in [-0.4, -0.2) is 50.5 Å². The summed E-state index contributed by atoms with van der Waals surface area (Å²) in [6, 6.07) is 0.113. The molecule has 1 N–H and O–H groups in total. The number of nitrogens with one attached hydrogen (secondary N) is 1. The summed E-state index contributed by atoms with van der Waals surface area (Å²) in [6.07, 6.45) is 3.88. The van der Waals surface area contributed by atoms with Crippen LogP contribution in [-0.2, 0) is 28.0 Å². The Morgan fingerprint density at radius 1 is 1.48 bits per heavy atom. The summed E-state index contributed by atoms with van der Waals surface area (Å²) in [5, 5.41) is 3.06. The lowest BCUT2D eigenvalue weighted by Crippen LogP contribution is -2.45. The number of hydrogen-bond donors (Lipinski definition) is 1. The van der Waals surface area contributed by atoms with Crippen molar-refractivity contribution < 1.29 is 9.59 Å². The molecule has 23 heavy (non-hydrogen) atoms. The highest BCUT2D eigenvalue weighted by atomic mass is 32.2. The Kier molecular flexibility index (Phi) is 4.40. The molecule has 0 unspecified atom stereocenters. The van der Waals surface area contributed by atoms with Crippen molar-refractivity contribution in [3.63, 3.8) is 0 Å². The minimum absolute atomic E-state index is 0.0386. The summed E-state index contributed by atoms with van der Waals surface area (Å²) in [7, 11) is 0. The van der Waals surface area contributed by atoms with Crippen LogP contribution in [0.1, 0.15) is 38.7 Å². The Morgan fingerprint density at radius 2 is 2.26 bits per heavy atom. The minimum Gasteiger partial charge on any atom is -0.350 e. The predicted molar refractivity (Wildman–Crippen MR) is 90.2 cm³/mol. The molecule has 2 amide bonds. The number of aromatic nitrogens is 2. The molecule has 1 fully saturated rings. The van der Waals surface area contributed by atoms with Crippen LogP contribution in [0.25, 0.3) is 0 Å². The van der Waals surface area contributed by atoms with Gasteiger partial charge in [-0.1, -0.05) is 20.8 Å². The van der Waals surface area contributed by atoms with Gasteiger partial charge in [0.05, 0.1) is 17.3 Å². The fraction of sp³-hybridized carbons (Fsp3) is 0.688. The van der Waals surface area contributed by atoms with E-state index in [1.54, 1.807) is 16.7 Å². The standard InChI is InChI=1S/C16H24N4O2S/c1-16(2,3)12-7-19-6-11(4-5-13(19)18-12)17-14(21)8-20-10-23-9-15(20)22/h7,11H,4-6,8-10H2,1-3H3,(H,17,21)/t11-/m1/s1. The third kappa shape index (κ3) is 3.71. The van der Waals surface area contributed by atoms with E-state index in [1.807, 2.05) is 0 Å². The lowest BCUT2D eigenvalue weighted by atomic mass is 9.93. The van der Waals surface area contributed by atoms with Crippen molar-refractivity contribution in [2.45, 2.75) is 51.6 Å². The number of thioether (sulfide) groups is 1. The number of nitrogens with zero attached hydrogens (tertiary/aromatic N) is 3. The van der Waals surface area contributed by atoms with Gasteiger partial charge >= 0.3 is 0 Å². The second-order valence-electron chi connectivity index (χ2n) is 7.32. The Balaban J connectivity index is 1.58. The van der Waals surface area contributed by atoms with E-state index >= 15 is 0 Å². The van der Waals surface area contributed by atoms with Crippen LogP contribution in [0.15, 0.2) is 6.20 Å². The highest BCUT2D eigenvalue weighted by Gasteiger charge is 2.27. The van der Waals surface area contributed by atoms with Crippen molar-refractivity contribution in [2.24, 2.45) is 0 Å². The average Bonchev–Trinajstić information content (AvgIpc) is 3.05. The van der Waals surface area contributed by atoms with Crippen LogP contribution in [0.3, 0.4) is 0 Å². The molecular weight excluding hydrogens is 312 g/mol. The molecular formula is C16H24N4O2S. The fourth-order valence-electron chi connectivity index (χ4n) is 2.91. The van der Waals surface area contributed by atoms with Crippen molar-refractivity contribution in [1.82, 2.24) is 19.8 Å². The van der Waals surface area contributed by atoms with Crippen molar-refractivity contribution >= 4 is 23.6 Å². The van der Waals surface area contributed by atoms with E-state index in [-0.39, 0.29) is 29.8 Å². The van der Waals surface area contributed by atoms with Crippen molar-refractivity contribution in [3.8, 4) is 0 Å². The van der Waals surface area contributed by atoms with E-state index in [4.69, 9.17) is 4.98 Å². The second-order valence-corrected chi connectivity index (χ2v) is 8.27. The number of rotatable bonds is 3. The Bertz CT molecular complexity index is 620. The van der Waals surface area contributed by atoms with Crippen LogP contribution >= 0.6 is 11.8 Å². The number of imidazole rings is 1. The van der Waals surface area contributed by atoms with Gasteiger partial charge < -0.3 is 14.8 Å². The molecule has 1 aromatic rings. The first-order valence-corrected chi connectivity index (χ1v) is 9.20. The lowest BCUT2D eigenvalue weighted by molar-refractivity contribution is -0.132. The van der Waals surface area contributed by atoms with Crippen molar-refractivity contribution in [1.29, 1.82) is 0 Å². The van der Waals surface area contributed by atoms with Gasteiger partial charge in [-0.3, -0.25) is 9.59 Å². The lowest BCUT2D eigenvalue weighted by Gasteiger charge is -2.25. The van der Waals surface area contributed by atoms with E-state index in [0.717, 1.165) is 30.9 Å². The van der Waals surface area contributed by atoms with E-state index in [0.29, 0.717) is 11.6 Å². The highest BCUT2D eigenvalue weighted by molar-refractivity contribution is 8.00. The maximum Gasteiger partial charge on any atom is 0.239 e. The molecule has 0 spiro atoms. The van der Waals surface area contributed by atoms with Crippen LogP contribution in [0.5, 0.6) is 0 Å². The number of carbonyl (C=O) groups excluding carboxylic acids is 2. The quantitative estimate of drug-likeness (QED) is 0.899. The topological polar surface area (TPSA) is 67.2 Å². The number of carbonyl (C=O) groups is 2. The highest BCUT2D eigenvalue weighted by Crippen LogP contribution is 2.24. The third-order valence-electron chi connectivity index (χ3n) is 4.29. The number of amides is 2. The van der Waals surface area contributed by atoms with Crippen LogP contribution < -0.4 is 5.32 Å². The largest absolute Gasteiger partial charge is 0.350 e. The fourth-order valence-corrected chi connectivity index (χ4v) is 3.81. The summed E-state index contributed by atoms with van der Waals surface area (Å²) in [6.45, 7) is 7.40. The number of fused-ring (bicyclic) bond motifs is 1. The predicted octanol–water partition coefficient (Wildman–Crippen LogP) is 1.14. The summed E-state index contributed by atoms with van der Waals surface area (Å²) < 4.78 is 2.16. The Hall–Kier alpha value is -1.50. The van der Waals surface area contributed by atoms with Gasteiger partial charge in [0.1, 0.15) is 12.4 Å². The Morgan fingerprint density at radius 3 is 2.91 bits per heavy atom. The normalized spacial score (nSPS) is 21.4. The molecule has 7 heteroatoms. The summed E-state index contributed by atoms with van der Waals surface area (Å²) in [5.41, 5.74) is 1.14. The van der Waals surface area contributed by atoms with Gasteiger partial charge in [-0.2, -0.15) is 0 Å². The van der Waals surface area contributed by atoms with E-state index in [9.17, 15) is 9.59 Å². The van der Waals surface area contributed by atoms with Gasteiger partial charge in [0, 0.05) is 30.6 Å². The molecule has 1 aromatic heterocycles. The molecule has 126 valence electrons. The molecule has 0 radical (unpaired) electrons. The summed E-state index contributed by atoms with van der Waals surface area (Å²) >= 11 is 1.56. The van der Waals surface area contributed by atoms with Crippen LogP contribution in [0.2, 0.25) is 0 Å². The van der Waals surface area contributed by atoms with Gasteiger partial charge in [0.15, 0.2) is 0 Å². The van der Waals surface area contributed by atoms with Crippen LogP contribution in [0.4, 0.5) is 0 Å². The van der Waals surface area contributed by atoms with E-state index in [2.05, 4.69) is 36.9 Å². The van der Waals surface area contributed by atoms with Gasteiger partial charge in [-0.15, -0.1) is 11.8 Å². The van der Waals surface area contributed by atoms with Crippen LogP contribution in [0, 0.1) is 0 Å². The zero-order valence-corrected chi connectivity index (χ0v) is 14.8.